The third-order valence-corrected chi connectivity index (χ3v) is 3.17. The largest absolute Gasteiger partial charge is 0.380 e. The second kappa shape index (κ2) is 6.22. The fourth-order valence-corrected chi connectivity index (χ4v) is 2.11. The fraction of sp³-hybridized carbons (Fsp3) is 0.133. The van der Waals surface area contributed by atoms with Crippen molar-refractivity contribution in [3.05, 3.63) is 52.8 Å². The highest BCUT2D eigenvalue weighted by Gasteiger charge is 2.17. The summed E-state index contributed by atoms with van der Waals surface area (Å²) in [6, 6.07) is 8.27. The highest BCUT2D eigenvalue weighted by Crippen LogP contribution is 2.30. The minimum Gasteiger partial charge on any atom is -0.380 e. The minimum absolute atomic E-state index is 0.0281. The number of pyridine rings is 1. The standard InChI is InChI=1S/C15H13N5O3/c1-2-17-12-4-3-11(9-13(12)20(21)22)14-18-15(23-19-14)10-5-7-16-8-6-10/h3-9,17H,2H2,1H3. The predicted molar refractivity (Wildman–Crippen MR) is 83.8 cm³/mol. The van der Waals surface area contributed by atoms with Gasteiger partial charge in [-0.2, -0.15) is 4.98 Å². The third kappa shape index (κ3) is 3.00. The van der Waals surface area contributed by atoms with Gasteiger partial charge in [0, 0.05) is 36.1 Å². The van der Waals surface area contributed by atoms with Gasteiger partial charge in [0.1, 0.15) is 5.69 Å². The number of nitrogens with one attached hydrogen (secondary N) is 1. The highest BCUT2D eigenvalue weighted by molar-refractivity contribution is 5.70. The van der Waals surface area contributed by atoms with E-state index in [-0.39, 0.29) is 5.69 Å². The molecule has 0 saturated carbocycles. The minimum atomic E-state index is -0.439. The zero-order valence-corrected chi connectivity index (χ0v) is 12.3. The summed E-state index contributed by atoms with van der Waals surface area (Å²) in [6.07, 6.45) is 3.24. The predicted octanol–water partition coefficient (Wildman–Crippen LogP) is 3.14. The molecule has 23 heavy (non-hydrogen) atoms. The van der Waals surface area contributed by atoms with Crippen LogP contribution in [-0.4, -0.2) is 26.6 Å². The molecule has 0 amide bonds. The van der Waals surface area contributed by atoms with Gasteiger partial charge in [0.15, 0.2) is 0 Å². The zero-order chi connectivity index (χ0) is 16.2. The van der Waals surface area contributed by atoms with E-state index in [2.05, 4.69) is 20.4 Å². The van der Waals surface area contributed by atoms with Crippen LogP contribution in [0.1, 0.15) is 6.92 Å². The molecule has 8 heteroatoms. The number of hydrogen-bond acceptors (Lipinski definition) is 7. The SMILES string of the molecule is CCNc1ccc(-c2noc(-c3ccncc3)n2)cc1[N+](=O)[O-]. The first-order valence-corrected chi connectivity index (χ1v) is 6.96. The van der Waals surface area contributed by atoms with Gasteiger partial charge in [-0.25, -0.2) is 0 Å². The zero-order valence-electron chi connectivity index (χ0n) is 12.3. The number of hydrogen-bond donors (Lipinski definition) is 1. The number of aromatic nitrogens is 3. The van der Waals surface area contributed by atoms with E-state index in [1.54, 1.807) is 36.7 Å². The molecule has 0 aliphatic rings. The van der Waals surface area contributed by atoms with Crippen molar-refractivity contribution in [3.63, 3.8) is 0 Å². The smallest absolute Gasteiger partial charge is 0.293 e. The number of nitro benzene ring substituents is 1. The van der Waals surface area contributed by atoms with E-state index >= 15 is 0 Å². The molecule has 0 aliphatic heterocycles. The molecule has 0 unspecified atom stereocenters. The van der Waals surface area contributed by atoms with Crippen LogP contribution < -0.4 is 5.32 Å². The Bertz CT molecular complexity index is 832. The average Bonchev–Trinajstić information content (AvgIpc) is 3.06. The molecule has 0 aliphatic carbocycles. The number of nitro groups is 1. The number of nitrogens with zero attached hydrogens (tertiary/aromatic N) is 4. The van der Waals surface area contributed by atoms with Gasteiger partial charge in [0.05, 0.1) is 4.92 Å². The van der Waals surface area contributed by atoms with Crippen molar-refractivity contribution in [1.82, 2.24) is 15.1 Å². The summed E-state index contributed by atoms with van der Waals surface area (Å²) < 4.78 is 5.21. The van der Waals surface area contributed by atoms with Crippen molar-refractivity contribution in [2.75, 3.05) is 11.9 Å². The molecule has 2 aromatic heterocycles. The summed E-state index contributed by atoms with van der Waals surface area (Å²) in [4.78, 5) is 19.0. The fourth-order valence-electron chi connectivity index (χ4n) is 2.11. The second-order valence-electron chi connectivity index (χ2n) is 4.68. The van der Waals surface area contributed by atoms with Gasteiger partial charge in [-0.05, 0) is 31.2 Å². The first-order chi connectivity index (χ1) is 11.2. The van der Waals surface area contributed by atoms with Crippen LogP contribution in [0.2, 0.25) is 0 Å². The van der Waals surface area contributed by atoms with Gasteiger partial charge < -0.3 is 9.84 Å². The van der Waals surface area contributed by atoms with Crippen molar-refractivity contribution in [3.8, 4) is 22.8 Å². The molecule has 116 valence electrons. The van der Waals surface area contributed by atoms with Crippen LogP contribution in [0.25, 0.3) is 22.8 Å². The summed E-state index contributed by atoms with van der Waals surface area (Å²) in [5, 5.41) is 18.0. The number of rotatable bonds is 5. The Kier molecular flexibility index (Phi) is 3.96. The highest BCUT2D eigenvalue weighted by atomic mass is 16.6. The van der Waals surface area contributed by atoms with Crippen molar-refractivity contribution in [2.24, 2.45) is 0 Å². The van der Waals surface area contributed by atoms with Gasteiger partial charge in [0.25, 0.3) is 11.6 Å². The summed E-state index contributed by atoms with van der Waals surface area (Å²) in [7, 11) is 0. The summed E-state index contributed by atoms with van der Waals surface area (Å²) >= 11 is 0. The van der Waals surface area contributed by atoms with Crippen molar-refractivity contribution >= 4 is 11.4 Å². The van der Waals surface area contributed by atoms with Crippen molar-refractivity contribution in [1.29, 1.82) is 0 Å². The Morgan fingerprint density at radius 2 is 2.00 bits per heavy atom. The van der Waals surface area contributed by atoms with Crippen LogP contribution in [0.4, 0.5) is 11.4 Å². The molecule has 0 bridgehead atoms. The lowest BCUT2D eigenvalue weighted by molar-refractivity contribution is -0.383. The van der Waals surface area contributed by atoms with Crippen LogP contribution in [0, 0.1) is 10.1 Å². The van der Waals surface area contributed by atoms with E-state index in [1.165, 1.54) is 6.07 Å². The van der Waals surface area contributed by atoms with Crippen molar-refractivity contribution < 1.29 is 9.45 Å². The molecule has 0 radical (unpaired) electrons. The van der Waals surface area contributed by atoms with Gasteiger partial charge >= 0.3 is 0 Å². The lowest BCUT2D eigenvalue weighted by Crippen LogP contribution is -2.01. The Labute approximate surface area is 131 Å². The number of anilines is 1. The Morgan fingerprint density at radius 1 is 1.22 bits per heavy atom. The maximum atomic E-state index is 11.2. The number of benzene rings is 1. The molecular weight excluding hydrogens is 298 g/mol. The molecule has 1 aromatic carbocycles. The van der Waals surface area contributed by atoms with Gasteiger partial charge in [0.2, 0.25) is 5.82 Å². The van der Waals surface area contributed by atoms with Crippen LogP contribution >= 0.6 is 0 Å². The second-order valence-corrected chi connectivity index (χ2v) is 4.68. The molecule has 0 atom stereocenters. The normalized spacial score (nSPS) is 10.5. The van der Waals surface area contributed by atoms with Crippen LogP contribution in [-0.2, 0) is 0 Å². The molecule has 3 rings (SSSR count). The Balaban J connectivity index is 1.98. The topological polar surface area (TPSA) is 107 Å². The van der Waals surface area contributed by atoms with Gasteiger partial charge in [-0.3, -0.25) is 15.1 Å². The summed E-state index contributed by atoms with van der Waals surface area (Å²) in [5.41, 5.74) is 1.68. The molecule has 0 spiro atoms. The summed E-state index contributed by atoms with van der Waals surface area (Å²) in [6.45, 7) is 2.46. The lowest BCUT2D eigenvalue weighted by atomic mass is 10.1. The van der Waals surface area contributed by atoms with E-state index in [0.29, 0.717) is 29.5 Å². The lowest BCUT2D eigenvalue weighted by Gasteiger charge is -2.04. The van der Waals surface area contributed by atoms with Crippen LogP contribution in [0.3, 0.4) is 0 Å². The van der Waals surface area contributed by atoms with Gasteiger partial charge in [-0.15, -0.1) is 0 Å². The average molecular weight is 311 g/mol. The molecular formula is C15H13N5O3. The summed E-state index contributed by atoms with van der Waals surface area (Å²) in [5.74, 6) is 0.628. The first kappa shape index (κ1) is 14.6. The molecule has 1 N–H and O–H groups in total. The van der Waals surface area contributed by atoms with E-state index < -0.39 is 4.92 Å². The molecule has 3 aromatic rings. The van der Waals surface area contributed by atoms with Crippen LogP contribution in [0.5, 0.6) is 0 Å². The Morgan fingerprint density at radius 3 is 2.70 bits per heavy atom. The van der Waals surface area contributed by atoms with Gasteiger partial charge in [-0.1, -0.05) is 5.16 Å². The monoisotopic (exact) mass is 311 g/mol. The maximum Gasteiger partial charge on any atom is 0.293 e. The van der Waals surface area contributed by atoms with Crippen LogP contribution in [0.15, 0.2) is 47.2 Å². The molecule has 8 nitrogen and oxygen atoms in total. The van der Waals surface area contributed by atoms with Crippen molar-refractivity contribution in [2.45, 2.75) is 6.92 Å². The third-order valence-electron chi connectivity index (χ3n) is 3.17. The maximum absolute atomic E-state index is 11.2. The first-order valence-electron chi connectivity index (χ1n) is 6.96. The van der Waals surface area contributed by atoms with E-state index in [1.807, 2.05) is 6.92 Å². The van der Waals surface area contributed by atoms with E-state index in [4.69, 9.17) is 4.52 Å². The molecule has 0 saturated heterocycles. The quantitative estimate of drug-likeness (QED) is 0.569. The molecule has 0 fully saturated rings. The Hall–Kier alpha value is -3.29. The van der Waals surface area contributed by atoms with E-state index in [0.717, 1.165) is 5.56 Å². The molecule has 2 heterocycles. The van der Waals surface area contributed by atoms with E-state index in [9.17, 15) is 10.1 Å².